The predicted octanol–water partition coefficient (Wildman–Crippen LogP) is 1.37. The first-order chi connectivity index (χ1) is 9.96. The van der Waals surface area contributed by atoms with Crippen LogP contribution in [-0.4, -0.2) is 42.2 Å². The number of amides is 1. The van der Waals surface area contributed by atoms with E-state index in [2.05, 4.69) is 10.3 Å². The SMILES string of the molecule is O=C(NC1CS(=O)(=O)CC1Cl)c1cccc2ncccc12. The second kappa shape index (κ2) is 5.27. The summed E-state index contributed by atoms with van der Waals surface area (Å²) in [6.07, 6.45) is 1.66. The van der Waals surface area contributed by atoms with Gasteiger partial charge in [0.1, 0.15) is 0 Å². The monoisotopic (exact) mass is 324 g/mol. The van der Waals surface area contributed by atoms with Crippen LogP contribution in [0, 0.1) is 0 Å². The molecule has 1 saturated heterocycles. The topological polar surface area (TPSA) is 76.1 Å². The highest BCUT2D eigenvalue weighted by molar-refractivity contribution is 7.91. The van der Waals surface area contributed by atoms with Crippen LogP contribution in [0.25, 0.3) is 10.9 Å². The minimum absolute atomic E-state index is 0.101. The lowest BCUT2D eigenvalue weighted by molar-refractivity contribution is 0.0943. The molecule has 1 N–H and O–H groups in total. The third kappa shape index (κ3) is 2.87. The molecule has 1 fully saturated rings. The van der Waals surface area contributed by atoms with Crippen molar-refractivity contribution >= 4 is 38.2 Å². The number of carbonyl (C=O) groups is 1. The number of pyridine rings is 1. The fraction of sp³-hybridized carbons (Fsp3) is 0.286. The number of rotatable bonds is 2. The molecule has 1 aromatic carbocycles. The zero-order chi connectivity index (χ0) is 15.0. The Kier molecular flexibility index (Phi) is 3.59. The molecule has 1 aromatic heterocycles. The molecule has 2 atom stereocenters. The Morgan fingerprint density at radius 3 is 2.76 bits per heavy atom. The van der Waals surface area contributed by atoms with E-state index >= 15 is 0 Å². The lowest BCUT2D eigenvalue weighted by Gasteiger charge is -2.15. The summed E-state index contributed by atoms with van der Waals surface area (Å²) in [5.41, 5.74) is 1.18. The number of halogens is 1. The molecule has 7 heteroatoms. The normalized spacial score (nSPS) is 24.0. The first-order valence-electron chi connectivity index (χ1n) is 6.45. The number of alkyl halides is 1. The van der Waals surface area contributed by atoms with Gasteiger partial charge in [-0.15, -0.1) is 11.6 Å². The fourth-order valence-corrected chi connectivity index (χ4v) is 5.03. The van der Waals surface area contributed by atoms with Gasteiger partial charge in [0.15, 0.2) is 9.84 Å². The molecule has 5 nitrogen and oxygen atoms in total. The number of aromatic nitrogens is 1. The Bertz CT molecular complexity index is 801. The van der Waals surface area contributed by atoms with E-state index in [9.17, 15) is 13.2 Å². The van der Waals surface area contributed by atoms with Gasteiger partial charge >= 0.3 is 0 Å². The van der Waals surface area contributed by atoms with E-state index in [-0.39, 0.29) is 17.4 Å². The maximum absolute atomic E-state index is 12.4. The zero-order valence-electron chi connectivity index (χ0n) is 11.0. The van der Waals surface area contributed by atoms with Crippen molar-refractivity contribution in [1.29, 1.82) is 0 Å². The number of sulfone groups is 1. The van der Waals surface area contributed by atoms with E-state index in [1.165, 1.54) is 0 Å². The molecule has 1 aliphatic rings. The molecule has 1 amide bonds. The van der Waals surface area contributed by atoms with Crippen molar-refractivity contribution in [2.75, 3.05) is 11.5 Å². The second-order valence-electron chi connectivity index (χ2n) is 5.05. The van der Waals surface area contributed by atoms with Crippen molar-refractivity contribution < 1.29 is 13.2 Å². The molecule has 2 heterocycles. The van der Waals surface area contributed by atoms with Crippen LogP contribution in [0.5, 0.6) is 0 Å². The summed E-state index contributed by atoms with van der Waals surface area (Å²) in [7, 11) is -3.17. The summed E-state index contributed by atoms with van der Waals surface area (Å²) in [5, 5.41) is 2.85. The summed E-state index contributed by atoms with van der Waals surface area (Å²) in [6.45, 7) is 0. The molecule has 0 aliphatic carbocycles. The van der Waals surface area contributed by atoms with Crippen molar-refractivity contribution in [2.45, 2.75) is 11.4 Å². The standard InChI is InChI=1S/C14H13ClN2O3S/c15-11-7-21(19,20)8-13(11)17-14(18)10-3-1-5-12-9(10)4-2-6-16-12/h1-6,11,13H,7-8H2,(H,17,18). The van der Waals surface area contributed by atoms with Crippen molar-refractivity contribution in [3.63, 3.8) is 0 Å². The minimum Gasteiger partial charge on any atom is -0.347 e. The molecular formula is C14H13ClN2O3S. The summed E-state index contributed by atoms with van der Waals surface area (Å²) in [4.78, 5) is 16.6. The maximum atomic E-state index is 12.4. The van der Waals surface area contributed by atoms with Crippen molar-refractivity contribution in [2.24, 2.45) is 0 Å². The lowest BCUT2D eigenvalue weighted by Crippen LogP contribution is -2.40. The van der Waals surface area contributed by atoms with Gasteiger partial charge in [0.2, 0.25) is 0 Å². The lowest BCUT2D eigenvalue weighted by atomic mass is 10.1. The van der Waals surface area contributed by atoms with Gasteiger partial charge in [0.05, 0.1) is 28.4 Å². The van der Waals surface area contributed by atoms with Crippen LogP contribution in [0.1, 0.15) is 10.4 Å². The van der Waals surface area contributed by atoms with E-state index in [4.69, 9.17) is 11.6 Å². The largest absolute Gasteiger partial charge is 0.347 e. The van der Waals surface area contributed by atoms with Gasteiger partial charge in [-0.05, 0) is 18.2 Å². The Morgan fingerprint density at radius 2 is 2.05 bits per heavy atom. The molecule has 3 rings (SSSR count). The smallest absolute Gasteiger partial charge is 0.252 e. The molecule has 2 unspecified atom stereocenters. The van der Waals surface area contributed by atoms with Crippen LogP contribution in [-0.2, 0) is 9.84 Å². The molecule has 21 heavy (non-hydrogen) atoms. The highest BCUT2D eigenvalue weighted by Crippen LogP contribution is 2.20. The molecule has 0 radical (unpaired) electrons. The van der Waals surface area contributed by atoms with E-state index in [0.29, 0.717) is 11.1 Å². The number of benzene rings is 1. The number of nitrogens with one attached hydrogen (secondary N) is 1. The number of hydrogen-bond acceptors (Lipinski definition) is 4. The van der Waals surface area contributed by atoms with E-state index in [1.54, 1.807) is 30.5 Å². The molecular weight excluding hydrogens is 312 g/mol. The van der Waals surface area contributed by atoms with Crippen LogP contribution in [0.4, 0.5) is 0 Å². The number of nitrogens with zero attached hydrogens (tertiary/aromatic N) is 1. The average Bonchev–Trinajstić information content (AvgIpc) is 2.70. The van der Waals surface area contributed by atoms with Gasteiger partial charge in [0, 0.05) is 17.1 Å². The Balaban J connectivity index is 1.88. The average molecular weight is 325 g/mol. The highest BCUT2D eigenvalue weighted by atomic mass is 35.5. The first kappa shape index (κ1) is 14.3. The predicted molar refractivity (Wildman–Crippen MR) is 81.3 cm³/mol. The Morgan fingerprint density at radius 1 is 1.24 bits per heavy atom. The van der Waals surface area contributed by atoms with Gasteiger partial charge in [-0.25, -0.2) is 8.42 Å². The number of carbonyl (C=O) groups excluding carboxylic acids is 1. The molecule has 0 spiro atoms. The maximum Gasteiger partial charge on any atom is 0.252 e. The van der Waals surface area contributed by atoms with Gasteiger partial charge in [-0.2, -0.15) is 0 Å². The first-order valence-corrected chi connectivity index (χ1v) is 8.71. The Labute approximate surface area is 127 Å². The summed E-state index contributed by atoms with van der Waals surface area (Å²) >= 11 is 6.01. The second-order valence-corrected chi connectivity index (χ2v) is 7.76. The summed E-state index contributed by atoms with van der Waals surface area (Å²) in [6, 6.07) is 8.25. The third-order valence-corrected chi connectivity index (χ3v) is 5.87. The van der Waals surface area contributed by atoms with Crippen molar-refractivity contribution in [3.8, 4) is 0 Å². The van der Waals surface area contributed by atoms with Gasteiger partial charge in [-0.1, -0.05) is 12.1 Å². The van der Waals surface area contributed by atoms with Crippen LogP contribution in [0.3, 0.4) is 0 Å². The van der Waals surface area contributed by atoms with Crippen molar-refractivity contribution in [3.05, 3.63) is 42.1 Å². The van der Waals surface area contributed by atoms with Gasteiger partial charge in [0.25, 0.3) is 5.91 Å². The third-order valence-electron chi connectivity index (χ3n) is 3.49. The zero-order valence-corrected chi connectivity index (χ0v) is 12.6. The van der Waals surface area contributed by atoms with Crippen LogP contribution >= 0.6 is 11.6 Å². The summed E-state index contributed by atoms with van der Waals surface area (Å²) < 4.78 is 23.1. The van der Waals surface area contributed by atoms with E-state index in [1.807, 2.05) is 6.07 Å². The van der Waals surface area contributed by atoms with Gasteiger partial charge in [-0.3, -0.25) is 9.78 Å². The molecule has 0 saturated carbocycles. The quantitative estimate of drug-likeness (QED) is 0.846. The highest BCUT2D eigenvalue weighted by Gasteiger charge is 2.37. The van der Waals surface area contributed by atoms with Crippen LogP contribution in [0.15, 0.2) is 36.5 Å². The molecule has 110 valence electrons. The van der Waals surface area contributed by atoms with Gasteiger partial charge < -0.3 is 5.32 Å². The number of hydrogen-bond donors (Lipinski definition) is 1. The summed E-state index contributed by atoms with van der Waals surface area (Å²) in [5.74, 6) is -0.548. The number of fused-ring (bicyclic) bond motifs is 1. The van der Waals surface area contributed by atoms with Crippen LogP contribution in [0.2, 0.25) is 0 Å². The minimum atomic E-state index is -3.17. The van der Waals surface area contributed by atoms with E-state index in [0.717, 1.165) is 5.39 Å². The van der Waals surface area contributed by atoms with Crippen LogP contribution < -0.4 is 5.32 Å². The van der Waals surface area contributed by atoms with Crippen molar-refractivity contribution in [1.82, 2.24) is 10.3 Å². The van der Waals surface area contributed by atoms with E-state index < -0.39 is 21.3 Å². The molecule has 0 bridgehead atoms. The molecule has 1 aliphatic heterocycles. The Hall–Kier alpha value is -1.66. The molecule has 2 aromatic rings. The fourth-order valence-electron chi connectivity index (χ4n) is 2.48.